The van der Waals surface area contributed by atoms with Crippen LogP contribution in [0, 0.1) is 0 Å². The van der Waals surface area contributed by atoms with Gasteiger partial charge in [0.2, 0.25) is 12.1 Å². The Kier molecular flexibility index (Phi) is 3.97. The van der Waals surface area contributed by atoms with Crippen molar-refractivity contribution in [1.29, 1.82) is 0 Å². The first-order valence-corrected chi connectivity index (χ1v) is 9.42. The molecule has 0 aromatic carbocycles. The standard InChI is InChI=1S/C19H26BN6/c1-5-18(4)19(6-2,7-3)24-15-22-11-9-17(24)26-13-12-25(20(18)26)16-8-10-21-14-23-16/h6,8-11,14-15H,2,5,7,12-13H2,1,3-4H3/q+1. The molecule has 1 saturated heterocycles. The Balaban J connectivity index is 1.96. The zero-order valence-corrected chi connectivity index (χ0v) is 15.8. The molecule has 134 valence electrons. The SMILES string of the molecule is C=CC1(CC)[n+]2cnccc2N2CCN(c3ccncn3)B2C1(C)CC. The van der Waals surface area contributed by atoms with Crippen molar-refractivity contribution in [3.8, 4) is 0 Å². The third-order valence-electron chi connectivity index (χ3n) is 6.67. The molecule has 0 aliphatic carbocycles. The number of nitrogens with zero attached hydrogens (tertiary/aromatic N) is 6. The molecule has 0 spiro atoms. The Morgan fingerprint density at radius 1 is 1.19 bits per heavy atom. The molecular weight excluding hydrogens is 323 g/mol. The topological polar surface area (TPSA) is 49.0 Å². The molecular formula is C19H26BN6+. The van der Waals surface area contributed by atoms with E-state index in [1.54, 1.807) is 6.33 Å². The molecule has 2 aliphatic rings. The summed E-state index contributed by atoms with van der Waals surface area (Å²) in [5.41, 5.74) is -0.206. The zero-order valence-electron chi connectivity index (χ0n) is 15.8. The van der Waals surface area contributed by atoms with E-state index in [0.717, 1.165) is 31.7 Å². The van der Waals surface area contributed by atoms with E-state index in [1.807, 2.05) is 24.8 Å². The molecule has 2 unspecified atom stereocenters. The van der Waals surface area contributed by atoms with Gasteiger partial charge in [0, 0.05) is 24.1 Å². The second-order valence-corrected chi connectivity index (χ2v) is 7.39. The maximum Gasteiger partial charge on any atom is 0.468 e. The van der Waals surface area contributed by atoms with Crippen LogP contribution in [0.25, 0.3) is 0 Å². The van der Waals surface area contributed by atoms with E-state index in [1.165, 1.54) is 5.82 Å². The molecule has 2 aliphatic heterocycles. The van der Waals surface area contributed by atoms with Crippen molar-refractivity contribution < 1.29 is 4.57 Å². The van der Waals surface area contributed by atoms with Gasteiger partial charge in [-0.15, -0.1) is 4.98 Å². The van der Waals surface area contributed by atoms with Crippen molar-refractivity contribution in [3.05, 3.63) is 49.8 Å². The smallest absolute Gasteiger partial charge is 0.363 e. The Labute approximate surface area is 155 Å². The summed E-state index contributed by atoms with van der Waals surface area (Å²) in [6.45, 7) is 13.3. The van der Waals surface area contributed by atoms with Crippen LogP contribution in [0.15, 0.2) is 49.8 Å². The minimum atomic E-state index is -0.206. The molecule has 4 heterocycles. The Morgan fingerprint density at radius 2 is 1.96 bits per heavy atom. The quantitative estimate of drug-likeness (QED) is 0.482. The van der Waals surface area contributed by atoms with Crippen molar-refractivity contribution >= 4 is 18.6 Å². The normalized spacial score (nSPS) is 27.3. The summed E-state index contributed by atoms with van der Waals surface area (Å²) < 4.78 is 2.34. The van der Waals surface area contributed by atoms with Crippen molar-refractivity contribution in [3.63, 3.8) is 0 Å². The second-order valence-electron chi connectivity index (χ2n) is 7.39. The number of hydrogen-bond donors (Lipinski definition) is 0. The Bertz CT molecular complexity index is 815. The van der Waals surface area contributed by atoms with Crippen molar-refractivity contribution in [2.75, 3.05) is 22.7 Å². The molecule has 0 saturated carbocycles. The lowest BCUT2D eigenvalue weighted by atomic mass is 9.39. The number of anilines is 2. The highest BCUT2D eigenvalue weighted by Crippen LogP contribution is 2.55. The average Bonchev–Trinajstić information content (AvgIpc) is 3.16. The summed E-state index contributed by atoms with van der Waals surface area (Å²) in [6.07, 6.45) is 11.4. The molecule has 1 fully saturated rings. The van der Waals surface area contributed by atoms with Crippen LogP contribution in [0.2, 0.25) is 5.31 Å². The van der Waals surface area contributed by atoms with E-state index < -0.39 is 0 Å². The van der Waals surface area contributed by atoms with Crippen LogP contribution in [0.5, 0.6) is 0 Å². The molecule has 2 aromatic heterocycles. The molecule has 0 bridgehead atoms. The largest absolute Gasteiger partial charge is 0.468 e. The predicted octanol–water partition coefficient (Wildman–Crippen LogP) is 2.45. The van der Waals surface area contributed by atoms with Crippen molar-refractivity contribution in [1.82, 2.24) is 15.0 Å². The molecule has 0 N–H and O–H groups in total. The van der Waals surface area contributed by atoms with Crippen molar-refractivity contribution in [2.24, 2.45) is 0 Å². The summed E-state index contributed by atoms with van der Waals surface area (Å²) in [6, 6.07) is 4.13. The van der Waals surface area contributed by atoms with Gasteiger partial charge in [0.15, 0.2) is 0 Å². The fraction of sp³-hybridized carbons (Fsp3) is 0.474. The van der Waals surface area contributed by atoms with Crippen molar-refractivity contribution in [2.45, 2.75) is 44.5 Å². The monoisotopic (exact) mass is 349 g/mol. The van der Waals surface area contributed by atoms with Gasteiger partial charge in [-0.2, -0.15) is 0 Å². The van der Waals surface area contributed by atoms with E-state index in [4.69, 9.17) is 0 Å². The van der Waals surface area contributed by atoms with E-state index in [9.17, 15) is 0 Å². The first-order valence-electron chi connectivity index (χ1n) is 9.42. The molecule has 26 heavy (non-hydrogen) atoms. The third-order valence-corrected chi connectivity index (χ3v) is 6.67. The fourth-order valence-electron chi connectivity index (χ4n) is 5.18. The summed E-state index contributed by atoms with van der Waals surface area (Å²) in [5.74, 6) is 2.19. The van der Waals surface area contributed by atoms with Crippen LogP contribution >= 0.6 is 0 Å². The van der Waals surface area contributed by atoms with Gasteiger partial charge in [0.05, 0.1) is 6.54 Å². The number of hydrogen-bond acceptors (Lipinski definition) is 5. The lowest BCUT2D eigenvalue weighted by molar-refractivity contribution is -0.752. The maximum atomic E-state index is 4.55. The molecule has 2 atom stereocenters. The molecule has 0 amide bonds. The number of rotatable bonds is 4. The van der Waals surface area contributed by atoms with E-state index >= 15 is 0 Å². The van der Waals surface area contributed by atoms with Crippen LogP contribution in [0.4, 0.5) is 11.6 Å². The Morgan fingerprint density at radius 3 is 2.62 bits per heavy atom. The van der Waals surface area contributed by atoms with Crippen LogP contribution in [0.3, 0.4) is 0 Å². The number of aromatic nitrogens is 4. The van der Waals surface area contributed by atoms with Gasteiger partial charge in [-0.05, 0) is 18.9 Å². The van der Waals surface area contributed by atoms with Crippen LogP contribution in [-0.2, 0) is 5.54 Å². The first kappa shape index (κ1) is 17.0. The van der Waals surface area contributed by atoms with E-state index in [2.05, 4.69) is 68.6 Å². The molecule has 2 aromatic rings. The van der Waals surface area contributed by atoms with Gasteiger partial charge in [0.1, 0.15) is 23.9 Å². The predicted molar refractivity (Wildman–Crippen MR) is 104 cm³/mol. The van der Waals surface area contributed by atoms with Crippen LogP contribution in [-0.4, -0.2) is 35.0 Å². The molecule has 6 nitrogen and oxygen atoms in total. The van der Waals surface area contributed by atoms with Gasteiger partial charge in [0.25, 0.3) is 0 Å². The number of fused-ring (bicyclic) bond motifs is 3. The highest BCUT2D eigenvalue weighted by molar-refractivity contribution is 6.71. The number of allylic oxidation sites excluding steroid dienone is 1. The zero-order chi connectivity index (χ0) is 18.4. The van der Waals surface area contributed by atoms with E-state index in [0.29, 0.717) is 0 Å². The fourth-order valence-corrected chi connectivity index (χ4v) is 5.18. The third kappa shape index (κ3) is 2.00. The second kappa shape index (κ2) is 6.07. The maximum absolute atomic E-state index is 4.55. The summed E-state index contributed by atoms with van der Waals surface area (Å²) >= 11 is 0. The molecule has 7 heteroatoms. The lowest BCUT2D eigenvalue weighted by Crippen LogP contribution is -2.75. The summed E-state index contributed by atoms with van der Waals surface area (Å²) in [5, 5.41) is -0.0500. The first-order chi connectivity index (χ1) is 12.6. The molecule has 4 rings (SSSR count). The lowest BCUT2D eigenvalue weighted by Gasteiger charge is -2.53. The summed E-state index contributed by atoms with van der Waals surface area (Å²) in [4.78, 5) is 18.0. The van der Waals surface area contributed by atoms with Crippen LogP contribution < -0.4 is 14.2 Å². The van der Waals surface area contributed by atoms with Gasteiger partial charge in [-0.1, -0.05) is 33.4 Å². The highest BCUT2D eigenvalue weighted by Gasteiger charge is 2.67. The highest BCUT2D eigenvalue weighted by atomic mass is 15.4. The average molecular weight is 349 g/mol. The summed E-state index contributed by atoms with van der Waals surface area (Å²) in [7, 11) is 0. The molecule has 0 radical (unpaired) electrons. The van der Waals surface area contributed by atoms with Crippen LogP contribution in [0.1, 0.15) is 33.6 Å². The van der Waals surface area contributed by atoms with Gasteiger partial charge >= 0.3 is 6.98 Å². The Hall–Kier alpha value is -2.44. The van der Waals surface area contributed by atoms with Gasteiger partial charge in [-0.3, -0.25) is 0 Å². The van der Waals surface area contributed by atoms with Gasteiger partial charge < -0.3 is 9.62 Å². The minimum absolute atomic E-state index is 0.0500. The van der Waals surface area contributed by atoms with E-state index in [-0.39, 0.29) is 17.8 Å². The van der Waals surface area contributed by atoms with Gasteiger partial charge in [-0.25, -0.2) is 14.5 Å². The minimum Gasteiger partial charge on any atom is -0.363 e.